The van der Waals surface area contributed by atoms with E-state index in [1.165, 1.54) is 25.7 Å². The first-order chi connectivity index (χ1) is 9.30. The molecule has 1 aromatic rings. The van der Waals surface area contributed by atoms with Gasteiger partial charge in [0.2, 0.25) is 0 Å². The van der Waals surface area contributed by atoms with E-state index in [-0.39, 0.29) is 0 Å². The fourth-order valence-corrected chi connectivity index (χ4v) is 3.39. The van der Waals surface area contributed by atoms with Crippen molar-refractivity contribution in [3.05, 3.63) is 10.6 Å². The largest absolute Gasteiger partial charge is 0.348 e. The van der Waals surface area contributed by atoms with Crippen LogP contribution in [0.2, 0.25) is 0 Å². The van der Waals surface area contributed by atoms with E-state index in [1.807, 2.05) is 0 Å². The Morgan fingerprint density at radius 2 is 1.89 bits per heavy atom. The zero-order valence-electron chi connectivity index (χ0n) is 11.6. The van der Waals surface area contributed by atoms with E-state index in [4.69, 9.17) is 4.98 Å². The van der Waals surface area contributed by atoms with Gasteiger partial charge in [-0.3, -0.25) is 4.79 Å². The number of nitrogens with zero attached hydrogens (tertiary/aromatic N) is 2. The molecule has 0 amide bonds. The summed E-state index contributed by atoms with van der Waals surface area (Å²) in [6.07, 6.45) is 8.44. The average molecular weight is 278 g/mol. The maximum absolute atomic E-state index is 11.2. The molecule has 2 aliphatic rings. The molecule has 0 radical (unpaired) electrons. The Balaban J connectivity index is 1.76. The Hall–Kier alpha value is -0.900. The number of anilines is 1. The second-order valence-electron chi connectivity index (χ2n) is 5.97. The Morgan fingerprint density at radius 1 is 1.26 bits per heavy atom. The molecule has 0 aliphatic heterocycles. The minimum Gasteiger partial charge on any atom is -0.348 e. The number of aldehydes is 1. The van der Waals surface area contributed by atoms with E-state index in [0.29, 0.717) is 0 Å². The number of thiazole rings is 1. The summed E-state index contributed by atoms with van der Waals surface area (Å²) in [4.78, 5) is 19.2. The Bertz CT molecular complexity index is 435. The van der Waals surface area contributed by atoms with Gasteiger partial charge < -0.3 is 4.90 Å². The summed E-state index contributed by atoms with van der Waals surface area (Å²) >= 11 is 1.59. The van der Waals surface area contributed by atoms with Crippen molar-refractivity contribution in [2.75, 3.05) is 18.0 Å². The van der Waals surface area contributed by atoms with Crippen LogP contribution in [0.15, 0.2) is 0 Å². The zero-order chi connectivity index (χ0) is 13.2. The summed E-state index contributed by atoms with van der Waals surface area (Å²) in [5.41, 5.74) is 1.01. The predicted octanol–water partition coefficient (Wildman–Crippen LogP) is 3.53. The molecule has 2 saturated carbocycles. The van der Waals surface area contributed by atoms with Crippen molar-refractivity contribution in [1.82, 2.24) is 4.98 Å². The van der Waals surface area contributed by atoms with Gasteiger partial charge in [0.05, 0.1) is 10.6 Å². The van der Waals surface area contributed by atoms with Crippen molar-refractivity contribution >= 4 is 22.8 Å². The van der Waals surface area contributed by atoms with Crippen LogP contribution in [0.4, 0.5) is 5.13 Å². The number of rotatable bonds is 8. The standard InChI is InChI=1S/C15H22N2OS/c1-2-3-13-14(10-18)19-15(16-13)17(8-11-4-5-11)9-12-6-7-12/h10-12H,2-9H2,1H3. The quantitative estimate of drug-likeness (QED) is 0.682. The van der Waals surface area contributed by atoms with Crippen molar-refractivity contribution in [2.24, 2.45) is 11.8 Å². The fraction of sp³-hybridized carbons (Fsp3) is 0.733. The first-order valence-electron chi connectivity index (χ1n) is 7.50. The SMILES string of the molecule is CCCc1nc(N(CC2CC2)CC2CC2)sc1C=O. The summed E-state index contributed by atoms with van der Waals surface area (Å²) in [7, 11) is 0. The van der Waals surface area contributed by atoms with E-state index in [9.17, 15) is 4.79 Å². The molecule has 0 unspecified atom stereocenters. The van der Waals surface area contributed by atoms with Crippen LogP contribution in [-0.2, 0) is 6.42 Å². The van der Waals surface area contributed by atoms with E-state index in [1.54, 1.807) is 11.3 Å². The molecule has 0 saturated heterocycles. The summed E-state index contributed by atoms with van der Waals surface area (Å²) in [5.74, 6) is 1.74. The molecular formula is C15H22N2OS. The van der Waals surface area contributed by atoms with E-state index < -0.39 is 0 Å². The molecule has 2 aliphatic carbocycles. The van der Waals surface area contributed by atoms with E-state index in [0.717, 1.165) is 59.8 Å². The van der Waals surface area contributed by atoms with Crippen LogP contribution >= 0.6 is 11.3 Å². The van der Waals surface area contributed by atoms with Crippen LogP contribution in [0.25, 0.3) is 0 Å². The molecule has 104 valence electrons. The third-order valence-corrected chi connectivity index (χ3v) is 5.02. The van der Waals surface area contributed by atoms with Gasteiger partial charge in [0.1, 0.15) is 0 Å². The molecule has 0 spiro atoms. The van der Waals surface area contributed by atoms with Gasteiger partial charge in [-0.25, -0.2) is 4.98 Å². The third-order valence-electron chi connectivity index (χ3n) is 3.93. The lowest BCUT2D eigenvalue weighted by Gasteiger charge is -2.21. The lowest BCUT2D eigenvalue weighted by molar-refractivity contribution is 0.112. The molecule has 19 heavy (non-hydrogen) atoms. The molecule has 1 aromatic heterocycles. The van der Waals surface area contributed by atoms with Crippen molar-refractivity contribution in [2.45, 2.75) is 45.4 Å². The van der Waals surface area contributed by atoms with Crippen molar-refractivity contribution in [1.29, 1.82) is 0 Å². The van der Waals surface area contributed by atoms with Crippen molar-refractivity contribution < 1.29 is 4.79 Å². The molecule has 0 N–H and O–H groups in total. The Morgan fingerprint density at radius 3 is 2.37 bits per heavy atom. The molecule has 0 aromatic carbocycles. The van der Waals surface area contributed by atoms with Crippen molar-refractivity contribution in [3.63, 3.8) is 0 Å². The Kier molecular flexibility index (Phi) is 3.87. The minimum atomic E-state index is 0.841. The maximum Gasteiger partial charge on any atom is 0.186 e. The number of hydrogen-bond acceptors (Lipinski definition) is 4. The monoisotopic (exact) mass is 278 g/mol. The average Bonchev–Trinajstić information content (AvgIpc) is 3.32. The molecule has 2 fully saturated rings. The highest BCUT2D eigenvalue weighted by atomic mass is 32.1. The smallest absolute Gasteiger partial charge is 0.186 e. The zero-order valence-corrected chi connectivity index (χ0v) is 12.4. The van der Waals surface area contributed by atoms with Gasteiger partial charge in [0, 0.05) is 13.1 Å². The molecule has 3 nitrogen and oxygen atoms in total. The van der Waals surface area contributed by atoms with E-state index in [2.05, 4.69) is 11.8 Å². The number of aryl methyl sites for hydroxylation is 1. The summed E-state index contributed by atoms with van der Waals surface area (Å²) < 4.78 is 0. The lowest BCUT2D eigenvalue weighted by atomic mass is 10.2. The van der Waals surface area contributed by atoms with Gasteiger partial charge in [0.25, 0.3) is 0 Å². The molecule has 3 rings (SSSR count). The summed E-state index contributed by atoms with van der Waals surface area (Å²) in [6.45, 7) is 4.43. The van der Waals surface area contributed by atoms with E-state index >= 15 is 0 Å². The lowest BCUT2D eigenvalue weighted by Crippen LogP contribution is -2.27. The highest BCUT2D eigenvalue weighted by molar-refractivity contribution is 7.17. The number of carbonyl (C=O) groups excluding carboxylic acids is 1. The fourth-order valence-electron chi connectivity index (χ4n) is 2.45. The number of aromatic nitrogens is 1. The molecule has 0 atom stereocenters. The highest BCUT2D eigenvalue weighted by Crippen LogP contribution is 2.37. The van der Waals surface area contributed by atoms with Crippen LogP contribution in [0.3, 0.4) is 0 Å². The molecule has 1 heterocycles. The van der Waals surface area contributed by atoms with Crippen LogP contribution in [0.1, 0.15) is 54.4 Å². The second kappa shape index (κ2) is 5.61. The molecular weight excluding hydrogens is 256 g/mol. The van der Waals surface area contributed by atoms with Gasteiger partial charge in [-0.15, -0.1) is 0 Å². The molecule has 4 heteroatoms. The molecule has 0 bridgehead atoms. The minimum absolute atomic E-state index is 0.841. The number of carbonyl (C=O) groups is 1. The number of hydrogen-bond donors (Lipinski definition) is 0. The Labute approximate surface area is 119 Å². The van der Waals surface area contributed by atoms with Gasteiger partial charge >= 0.3 is 0 Å². The van der Waals surface area contributed by atoms with Gasteiger partial charge in [-0.05, 0) is 43.9 Å². The third kappa shape index (κ3) is 3.35. The van der Waals surface area contributed by atoms with Crippen LogP contribution < -0.4 is 4.90 Å². The van der Waals surface area contributed by atoms with Gasteiger partial charge in [-0.1, -0.05) is 24.7 Å². The first kappa shape index (κ1) is 13.1. The van der Waals surface area contributed by atoms with Crippen LogP contribution in [0, 0.1) is 11.8 Å². The van der Waals surface area contributed by atoms with Crippen molar-refractivity contribution in [3.8, 4) is 0 Å². The van der Waals surface area contributed by atoms with Crippen LogP contribution in [0.5, 0.6) is 0 Å². The highest BCUT2D eigenvalue weighted by Gasteiger charge is 2.30. The summed E-state index contributed by atoms with van der Waals surface area (Å²) in [6, 6.07) is 0. The van der Waals surface area contributed by atoms with Gasteiger partial charge in [-0.2, -0.15) is 0 Å². The second-order valence-corrected chi connectivity index (χ2v) is 6.98. The topological polar surface area (TPSA) is 33.2 Å². The normalized spacial score (nSPS) is 18.6. The first-order valence-corrected chi connectivity index (χ1v) is 8.31. The van der Waals surface area contributed by atoms with Gasteiger partial charge in [0.15, 0.2) is 11.4 Å². The maximum atomic E-state index is 11.2. The summed E-state index contributed by atoms with van der Waals surface area (Å²) in [5, 5.41) is 1.09. The van der Waals surface area contributed by atoms with Crippen LogP contribution in [-0.4, -0.2) is 24.4 Å². The predicted molar refractivity (Wildman–Crippen MR) is 79.2 cm³/mol.